The fourth-order valence-electron chi connectivity index (χ4n) is 2.80. The van der Waals surface area contributed by atoms with Crippen LogP contribution in [-0.4, -0.2) is 15.3 Å². The van der Waals surface area contributed by atoms with Crippen LogP contribution in [0, 0.1) is 0 Å². The summed E-state index contributed by atoms with van der Waals surface area (Å²) in [6.07, 6.45) is 5.79. The maximum absolute atomic E-state index is 13.1. The Morgan fingerprint density at radius 2 is 1.88 bits per heavy atom. The number of thioether (sulfide) groups is 1. The molecule has 7 heteroatoms. The highest BCUT2D eigenvalue weighted by Gasteiger charge is 2.22. The molecular weight excluding hydrogens is 374 g/mol. The molecule has 1 aromatic carbocycles. The molecule has 1 aliphatic rings. The van der Waals surface area contributed by atoms with E-state index in [9.17, 15) is 13.6 Å². The lowest BCUT2D eigenvalue weighted by atomic mass is 9.95. The Kier molecular flexibility index (Phi) is 7.90. The summed E-state index contributed by atoms with van der Waals surface area (Å²) in [7, 11) is 0. The molecule has 0 aliphatic heterocycles. The molecule has 1 heterocycles. The SMILES string of the molecule is CC.O=c1c(C2=CCCCC2)c(S)nc(SC(F)F)n1-c1ccccc1. The van der Waals surface area contributed by atoms with E-state index in [4.69, 9.17) is 0 Å². The molecular formula is C19H22F2N2OS2. The van der Waals surface area contributed by atoms with Crippen molar-refractivity contribution >= 4 is 30.0 Å². The second-order valence-corrected chi connectivity index (χ2v) is 6.80. The molecule has 0 fully saturated rings. The van der Waals surface area contributed by atoms with E-state index in [1.54, 1.807) is 30.3 Å². The van der Waals surface area contributed by atoms with Crippen LogP contribution in [0.2, 0.25) is 0 Å². The van der Waals surface area contributed by atoms with E-state index < -0.39 is 5.76 Å². The van der Waals surface area contributed by atoms with E-state index in [0.29, 0.717) is 11.3 Å². The number of allylic oxidation sites excluding steroid dienone is 2. The number of halogens is 2. The van der Waals surface area contributed by atoms with Gasteiger partial charge in [-0.3, -0.25) is 9.36 Å². The molecule has 3 nitrogen and oxygen atoms in total. The van der Waals surface area contributed by atoms with Gasteiger partial charge in [0.15, 0.2) is 5.16 Å². The topological polar surface area (TPSA) is 34.9 Å². The third-order valence-corrected chi connectivity index (χ3v) is 4.84. The first-order valence-electron chi connectivity index (χ1n) is 8.63. The molecule has 140 valence electrons. The van der Waals surface area contributed by atoms with Crippen LogP contribution in [0.3, 0.4) is 0 Å². The summed E-state index contributed by atoms with van der Waals surface area (Å²) >= 11 is 4.56. The number of nitrogens with zero attached hydrogens (tertiary/aromatic N) is 2. The van der Waals surface area contributed by atoms with Gasteiger partial charge in [-0.25, -0.2) is 4.98 Å². The zero-order valence-corrected chi connectivity index (χ0v) is 16.5. The summed E-state index contributed by atoms with van der Waals surface area (Å²) in [6, 6.07) is 8.73. The Hall–Kier alpha value is -1.60. The lowest BCUT2D eigenvalue weighted by Gasteiger charge is -2.18. The molecule has 0 radical (unpaired) electrons. The molecule has 3 rings (SSSR count). The number of aromatic nitrogens is 2. The van der Waals surface area contributed by atoms with Gasteiger partial charge in [-0.1, -0.05) is 38.1 Å². The van der Waals surface area contributed by atoms with Crippen molar-refractivity contribution in [2.45, 2.75) is 55.5 Å². The highest BCUT2D eigenvalue weighted by molar-refractivity contribution is 7.99. The minimum Gasteiger partial charge on any atom is -0.268 e. The van der Waals surface area contributed by atoms with E-state index in [2.05, 4.69) is 17.6 Å². The number of hydrogen-bond donors (Lipinski definition) is 1. The van der Waals surface area contributed by atoms with Crippen molar-refractivity contribution in [1.29, 1.82) is 0 Å². The Bertz CT molecular complexity index is 820. The fraction of sp³-hybridized carbons (Fsp3) is 0.368. The van der Waals surface area contributed by atoms with Gasteiger partial charge in [0.1, 0.15) is 5.03 Å². The molecule has 0 spiro atoms. The average molecular weight is 397 g/mol. The molecule has 26 heavy (non-hydrogen) atoms. The van der Waals surface area contributed by atoms with Crippen molar-refractivity contribution in [1.82, 2.24) is 9.55 Å². The van der Waals surface area contributed by atoms with Crippen LogP contribution >= 0.6 is 24.4 Å². The Labute approximate surface area is 162 Å². The van der Waals surface area contributed by atoms with Crippen LogP contribution < -0.4 is 5.56 Å². The van der Waals surface area contributed by atoms with Gasteiger partial charge >= 0.3 is 0 Å². The monoisotopic (exact) mass is 396 g/mol. The molecule has 1 aromatic heterocycles. The minimum atomic E-state index is -2.67. The number of para-hydroxylation sites is 1. The van der Waals surface area contributed by atoms with Gasteiger partial charge in [0.05, 0.1) is 11.3 Å². The van der Waals surface area contributed by atoms with E-state index in [-0.39, 0.29) is 27.5 Å². The second kappa shape index (κ2) is 9.92. The number of hydrogen-bond acceptors (Lipinski definition) is 4. The molecule has 0 bridgehead atoms. The number of alkyl halides is 2. The third kappa shape index (κ3) is 4.76. The summed E-state index contributed by atoms with van der Waals surface area (Å²) < 4.78 is 27.1. The van der Waals surface area contributed by atoms with Gasteiger partial charge in [-0.15, -0.1) is 12.6 Å². The molecule has 0 atom stereocenters. The largest absolute Gasteiger partial charge is 0.291 e. The predicted octanol–water partition coefficient (Wildman–Crippen LogP) is 5.82. The summed E-state index contributed by atoms with van der Waals surface area (Å²) in [5, 5.41) is 0.162. The minimum absolute atomic E-state index is 0.0497. The molecule has 0 saturated heterocycles. The highest BCUT2D eigenvalue weighted by atomic mass is 32.2. The molecule has 1 aliphatic carbocycles. The van der Waals surface area contributed by atoms with Gasteiger partial charge < -0.3 is 0 Å². The first-order chi connectivity index (χ1) is 12.6. The summed E-state index contributed by atoms with van der Waals surface area (Å²) in [6.45, 7) is 4.00. The number of thiol groups is 1. The van der Waals surface area contributed by atoms with Crippen LogP contribution in [0.25, 0.3) is 11.3 Å². The first kappa shape index (κ1) is 20.7. The molecule has 0 N–H and O–H groups in total. The van der Waals surface area contributed by atoms with Gasteiger partial charge in [-0.2, -0.15) is 8.78 Å². The Morgan fingerprint density at radius 1 is 1.19 bits per heavy atom. The average Bonchev–Trinajstić information content (AvgIpc) is 2.64. The zero-order valence-electron chi connectivity index (χ0n) is 14.8. The Morgan fingerprint density at radius 3 is 2.46 bits per heavy atom. The van der Waals surface area contributed by atoms with Crippen LogP contribution in [-0.2, 0) is 0 Å². The van der Waals surface area contributed by atoms with Gasteiger partial charge in [0, 0.05) is 0 Å². The van der Waals surface area contributed by atoms with Crippen molar-refractivity contribution in [2.24, 2.45) is 0 Å². The van der Waals surface area contributed by atoms with E-state index in [0.717, 1.165) is 31.3 Å². The maximum atomic E-state index is 13.1. The zero-order chi connectivity index (χ0) is 19.1. The summed E-state index contributed by atoms with van der Waals surface area (Å²) in [5.41, 5.74) is 1.49. The van der Waals surface area contributed by atoms with Gasteiger partial charge in [0.2, 0.25) is 0 Å². The van der Waals surface area contributed by atoms with Crippen LogP contribution in [0.15, 0.2) is 51.4 Å². The van der Waals surface area contributed by atoms with E-state index >= 15 is 0 Å². The number of benzene rings is 1. The van der Waals surface area contributed by atoms with Crippen LogP contribution in [0.1, 0.15) is 45.1 Å². The lowest BCUT2D eigenvalue weighted by Crippen LogP contribution is -2.26. The fourth-order valence-corrected chi connectivity index (χ4v) is 3.80. The van der Waals surface area contributed by atoms with Crippen molar-refractivity contribution < 1.29 is 8.78 Å². The maximum Gasteiger partial charge on any atom is 0.291 e. The summed E-state index contributed by atoms with van der Waals surface area (Å²) in [4.78, 5) is 17.3. The lowest BCUT2D eigenvalue weighted by molar-refractivity contribution is 0.251. The predicted molar refractivity (Wildman–Crippen MR) is 107 cm³/mol. The normalized spacial score (nSPS) is 13.8. The molecule has 0 amide bonds. The quantitative estimate of drug-likeness (QED) is 0.306. The second-order valence-electron chi connectivity index (χ2n) is 5.42. The third-order valence-electron chi connectivity index (χ3n) is 3.85. The van der Waals surface area contributed by atoms with E-state index in [1.807, 2.05) is 19.9 Å². The highest BCUT2D eigenvalue weighted by Crippen LogP contribution is 2.31. The van der Waals surface area contributed by atoms with Gasteiger partial charge in [0.25, 0.3) is 11.3 Å². The summed E-state index contributed by atoms with van der Waals surface area (Å²) in [5.74, 6) is -2.67. The van der Waals surface area contributed by atoms with Gasteiger partial charge in [-0.05, 0) is 55.2 Å². The van der Waals surface area contributed by atoms with Crippen molar-refractivity contribution in [3.8, 4) is 5.69 Å². The van der Waals surface area contributed by atoms with Crippen molar-refractivity contribution in [2.75, 3.05) is 0 Å². The van der Waals surface area contributed by atoms with Crippen LogP contribution in [0.4, 0.5) is 8.78 Å². The molecule has 2 aromatic rings. The van der Waals surface area contributed by atoms with E-state index in [1.165, 1.54) is 4.57 Å². The molecule has 0 unspecified atom stereocenters. The van der Waals surface area contributed by atoms with Crippen molar-refractivity contribution in [3.63, 3.8) is 0 Å². The first-order valence-corrected chi connectivity index (χ1v) is 9.96. The van der Waals surface area contributed by atoms with Crippen molar-refractivity contribution in [3.05, 3.63) is 52.3 Å². The Balaban J connectivity index is 0.00000117. The number of rotatable bonds is 4. The standard InChI is InChI=1S/C17H16F2N2OS2.C2H6/c18-16(19)24-17-20-14(23)13(11-7-3-1-4-8-11)15(22)21(17)12-9-5-2-6-10-12;1-2/h2,5-7,9-10,16,23H,1,3-4,8H2;1-2H3. The van der Waals surface area contributed by atoms with Crippen LogP contribution in [0.5, 0.6) is 0 Å². The smallest absolute Gasteiger partial charge is 0.268 e. The molecule has 0 saturated carbocycles.